The SMILES string of the molecule is COC(=O)c1cnc2c(c1)C(C)(C)CN2. The van der Waals surface area contributed by atoms with E-state index in [-0.39, 0.29) is 11.4 Å². The van der Waals surface area contributed by atoms with Crippen LogP contribution in [0.15, 0.2) is 12.3 Å². The smallest absolute Gasteiger partial charge is 0.339 e. The van der Waals surface area contributed by atoms with Crippen LogP contribution in [0.25, 0.3) is 0 Å². The number of esters is 1. The van der Waals surface area contributed by atoms with Crippen molar-refractivity contribution < 1.29 is 9.53 Å². The molecule has 2 rings (SSSR count). The first kappa shape index (κ1) is 9.96. The number of methoxy groups -OCH3 is 1. The zero-order valence-electron chi connectivity index (χ0n) is 9.13. The highest BCUT2D eigenvalue weighted by molar-refractivity contribution is 5.89. The Balaban J connectivity index is 2.46. The number of hydrogen-bond donors (Lipinski definition) is 1. The molecule has 0 atom stereocenters. The largest absolute Gasteiger partial charge is 0.465 e. The molecule has 0 radical (unpaired) electrons. The van der Waals surface area contributed by atoms with Crippen LogP contribution in [0.5, 0.6) is 0 Å². The van der Waals surface area contributed by atoms with Crippen molar-refractivity contribution in [3.8, 4) is 0 Å². The quantitative estimate of drug-likeness (QED) is 0.709. The number of hydrogen-bond acceptors (Lipinski definition) is 4. The van der Waals surface area contributed by atoms with Crippen molar-refractivity contribution in [1.82, 2.24) is 4.98 Å². The molecule has 1 aromatic heterocycles. The van der Waals surface area contributed by atoms with E-state index in [4.69, 9.17) is 0 Å². The van der Waals surface area contributed by atoms with Crippen LogP contribution in [-0.2, 0) is 10.2 Å². The molecule has 1 aliphatic rings. The molecule has 1 aromatic rings. The lowest BCUT2D eigenvalue weighted by molar-refractivity contribution is 0.0600. The molecule has 2 heterocycles. The summed E-state index contributed by atoms with van der Waals surface area (Å²) in [5.41, 5.74) is 1.60. The van der Waals surface area contributed by atoms with E-state index < -0.39 is 0 Å². The number of aromatic nitrogens is 1. The van der Waals surface area contributed by atoms with Crippen LogP contribution in [0.4, 0.5) is 5.82 Å². The number of nitrogens with zero attached hydrogens (tertiary/aromatic N) is 1. The average molecular weight is 206 g/mol. The van der Waals surface area contributed by atoms with Crippen LogP contribution in [0, 0.1) is 0 Å². The van der Waals surface area contributed by atoms with Gasteiger partial charge in [-0.25, -0.2) is 9.78 Å². The van der Waals surface area contributed by atoms with E-state index in [1.54, 1.807) is 6.20 Å². The molecule has 0 amide bonds. The van der Waals surface area contributed by atoms with E-state index in [0.717, 1.165) is 17.9 Å². The predicted octanol–water partition coefficient (Wildman–Crippen LogP) is 1.57. The molecular weight excluding hydrogens is 192 g/mol. The van der Waals surface area contributed by atoms with Gasteiger partial charge in [-0.2, -0.15) is 0 Å². The van der Waals surface area contributed by atoms with E-state index >= 15 is 0 Å². The molecule has 0 unspecified atom stereocenters. The third-order valence-electron chi connectivity index (χ3n) is 2.74. The number of anilines is 1. The van der Waals surface area contributed by atoms with Gasteiger partial charge in [0.25, 0.3) is 0 Å². The third kappa shape index (κ3) is 1.56. The monoisotopic (exact) mass is 206 g/mol. The molecule has 0 aliphatic carbocycles. The maximum atomic E-state index is 11.3. The summed E-state index contributed by atoms with van der Waals surface area (Å²) in [6.45, 7) is 5.09. The molecule has 1 N–H and O–H groups in total. The first-order valence-electron chi connectivity index (χ1n) is 4.87. The Morgan fingerprint density at radius 1 is 1.60 bits per heavy atom. The Bertz CT molecular complexity index is 413. The van der Waals surface area contributed by atoms with Crippen LogP contribution in [0.1, 0.15) is 29.8 Å². The highest BCUT2D eigenvalue weighted by Crippen LogP contribution is 2.34. The maximum Gasteiger partial charge on any atom is 0.339 e. The number of carbonyl (C=O) groups excluding carboxylic acids is 1. The fourth-order valence-corrected chi connectivity index (χ4v) is 1.75. The second-order valence-corrected chi connectivity index (χ2v) is 4.35. The lowest BCUT2D eigenvalue weighted by Gasteiger charge is -2.16. The molecular formula is C11H14N2O2. The molecule has 1 aliphatic heterocycles. The highest BCUT2D eigenvalue weighted by atomic mass is 16.5. The molecule has 0 saturated heterocycles. The Morgan fingerprint density at radius 3 is 3.00 bits per heavy atom. The first-order chi connectivity index (χ1) is 7.04. The number of pyridine rings is 1. The topological polar surface area (TPSA) is 51.2 Å². The summed E-state index contributed by atoms with van der Waals surface area (Å²) < 4.78 is 4.66. The highest BCUT2D eigenvalue weighted by Gasteiger charge is 2.31. The summed E-state index contributed by atoms with van der Waals surface area (Å²) in [4.78, 5) is 15.6. The van der Waals surface area contributed by atoms with Gasteiger partial charge in [0.15, 0.2) is 0 Å². The first-order valence-corrected chi connectivity index (χ1v) is 4.87. The number of carbonyl (C=O) groups is 1. The van der Waals surface area contributed by atoms with Gasteiger partial charge in [0.05, 0.1) is 12.7 Å². The lowest BCUT2D eigenvalue weighted by Crippen LogP contribution is -2.19. The van der Waals surface area contributed by atoms with Crippen molar-refractivity contribution in [2.75, 3.05) is 19.0 Å². The van der Waals surface area contributed by atoms with Crippen molar-refractivity contribution in [1.29, 1.82) is 0 Å². The fraction of sp³-hybridized carbons (Fsp3) is 0.455. The average Bonchev–Trinajstić information content (AvgIpc) is 2.53. The van der Waals surface area contributed by atoms with E-state index in [1.807, 2.05) is 6.07 Å². The second kappa shape index (κ2) is 3.22. The summed E-state index contributed by atoms with van der Waals surface area (Å²) in [7, 11) is 1.37. The second-order valence-electron chi connectivity index (χ2n) is 4.35. The number of fused-ring (bicyclic) bond motifs is 1. The van der Waals surface area contributed by atoms with Crippen LogP contribution in [0.3, 0.4) is 0 Å². The predicted molar refractivity (Wildman–Crippen MR) is 57.1 cm³/mol. The van der Waals surface area contributed by atoms with Crippen LogP contribution in [-0.4, -0.2) is 24.6 Å². The van der Waals surface area contributed by atoms with E-state index in [2.05, 4.69) is 28.9 Å². The van der Waals surface area contributed by atoms with Crippen LogP contribution < -0.4 is 5.32 Å². The molecule has 0 spiro atoms. The molecule has 0 fully saturated rings. The number of ether oxygens (including phenoxy) is 1. The Morgan fingerprint density at radius 2 is 2.33 bits per heavy atom. The van der Waals surface area contributed by atoms with E-state index in [0.29, 0.717) is 5.56 Å². The van der Waals surface area contributed by atoms with Gasteiger partial charge in [-0.3, -0.25) is 0 Å². The van der Waals surface area contributed by atoms with Crippen LogP contribution in [0.2, 0.25) is 0 Å². The van der Waals surface area contributed by atoms with Gasteiger partial charge < -0.3 is 10.1 Å². The van der Waals surface area contributed by atoms with Gasteiger partial charge in [0, 0.05) is 23.7 Å². The number of nitrogens with one attached hydrogen (secondary N) is 1. The minimum Gasteiger partial charge on any atom is -0.465 e. The van der Waals surface area contributed by atoms with Gasteiger partial charge in [-0.15, -0.1) is 0 Å². The summed E-state index contributed by atoms with van der Waals surface area (Å²) in [5, 5.41) is 3.21. The molecule has 0 bridgehead atoms. The summed E-state index contributed by atoms with van der Waals surface area (Å²) in [6, 6.07) is 1.86. The summed E-state index contributed by atoms with van der Waals surface area (Å²) in [5.74, 6) is 0.528. The van der Waals surface area contributed by atoms with Crippen molar-refractivity contribution in [2.45, 2.75) is 19.3 Å². The Hall–Kier alpha value is -1.58. The van der Waals surface area contributed by atoms with E-state index in [1.165, 1.54) is 7.11 Å². The maximum absolute atomic E-state index is 11.3. The number of rotatable bonds is 1. The summed E-state index contributed by atoms with van der Waals surface area (Å²) >= 11 is 0. The van der Waals surface area contributed by atoms with Crippen molar-refractivity contribution in [2.24, 2.45) is 0 Å². The Kier molecular flexibility index (Phi) is 2.14. The van der Waals surface area contributed by atoms with Gasteiger partial charge in [-0.05, 0) is 6.07 Å². The minimum absolute atomic E-state index is 0.0202. The van der Waals surface area contributed by atoms with Gasteiger partial charge in [0.2, 0.25) is 0 Å². The Labute approximate surface area is 88.7 Å². The van der Waals surface area contributed by atoms with Gasteiger partial charge in [0.1, 0.15) is 5.82 Å². The van der Waals surface area contributed by atoms with Crippen molar-refractivity contribution in [3.05, 3.63) is 23.4 Å². The van der Waals surface area contributed by atoms with Crippen molar-refractivity contribution >= 4 is 11.8 Å². The molecule has 80 valence electrons. The molecule has 0 saturated carbocycles. The van der Waals surface area contributed by atoms with Gasteiger partial charge in [-0.1, -0.05) is 13.8 Å². The minimum atomic E-state index is -0.340. The van der Waals surface area contributed by atoms with Crippen molar-refractivity contribution in [3.63, 3.8) is 0 Å². The fourth-order valence-electron chi connectivity index (χ4n) is 1.75. The lowest BCUT2D eigenvalue weighted by atomic mass is 9.87. The van der Waals surface area contributed by atoms with Gasteiger partial charge >= 0.3 is 5.97 Å². The van der Waals surface area contributed by atoms with Crippen LogP contribution >= 0.6 is 0 Å². The standard InChI is InChI=1S/C11H14N2O2/c1-11(2)6-13-9-8(11)4-7(5-12-9)10(14)15-3/h4-5H,6H2,1-3H3,(H,12,13). The third-order valence-corrected chi connectivity index (χ3v) is 2.74. The molecule has 15 heavy (non-hydrogen) atoms. The molecule has 0 aromatic carbocycles. The normalized spacial score (nSPS) is 16.7. The zero-order chi connectivity index (χ0) is 11.1. The molecule has 4 nitrogen and oxygen atoms in total. The molecule has 4 heteroatoms. The summed E-state index contributed by atoms with van der Waals surface area (Å²) in [6.07, 6.45) is 1.54. The zero-order valence-corrected chi connectivity index (χ0v) is 9.13. The van der Waals surface area contributed by atoms with E-state index in [9.17, 15) is 4.79 Å².